The molecule has 0 aliphatic rings. The molecule has 138 valence electrons. The van der Waals surface area contributed by atoms with Gasteiger partial charge in [0.25, 0.3) is 5.91 Å². The number of rotatable bonds is 8. The maximum absolute atomic E-state index is 12.2. The minimum Gasteiger partial charge on any atom is -0.460 e. The summed E-state index contributed by atoms with van der Waals surface area (Å²) in [5.74, 6) is -0.753. The molecule has 0 saturated heterocycles. The maximum atomic E-state index is 12.2. The van der Waals surface area contributed by atoms with Crippen molar-refractivity contribution in [3.63, 3.8) is 0 Å². The topological polar surface area (TPSA) is 58.6 Å². The fourth-order valence-electron chi connectivity index (χ4n) is 2.69. The summed E-state index contributed by atoms with van der Waals surface area (Å²) in [5.41, 5.74) is 2.50. The maximum Gasteiger partial charge on any atom is 0.325 e. The third-order valence-corrected chi connectivity index (χ3v) is 4.06. The molecular formula is C21H26N2O3. The summed E-state index contributed by atoms with van der Waals surface area (Å²) in [4.78, 5) is 26.2. The van der Waals surface area contributed by atoms with Gasteiger partial charge in [-0.15, -0.1) is 0 Å². The molecule has 0 aliphatic heterocycles. The predicted octanol–water partition coefficient (Wildman–Crippen LogP) is 3.39. The van der Waals surface area contributed by atoms with Gasteiger partial charge < -0.3 is 15.0 Å². The number of ether oxygens (including phenoxy) is 1. The van der Waals surface area contributed by atoms with Crippen LogP contribution in [0.2, 0.25) is 0 Å². The van der Waals surface area contributed by atoms with Gasteiger partial charge in [0.15, 0.2) is 0 Å². The van der Waals surface area contributed by atoms with Crippen LogP contribution in [0.25, 0.3) is 0 Å². The molecule has 2 aromatic carbocycles. The van der Waals surface area contributed by atoms with Crippen LogP contribution in [0.15, 0.2) is 54.6 Å². The molecule has 0 atom stereocenters. The predicted molar refractivity (Wildman–Crippen MR) is 103 cm³/mol. The van der Waals surface area contributed by atoms with Crippen molar-refractivity contribution < 1.29 is 14.3 Å². The van der Waals surface area contributed by atoms with Gasteiger partial charge in [-0.25, -0.2) is 0 Å². The van der Waals surface area contributed by atoms with Crippen molar-refractivity contribution >= 4 is 17.6 Å². The van der Waals surface area contributed by atoms with Crippen LogP contribution in [0.3, 0.4) is 0 Å². The standard InChI is InChI=1S/C21H26N2O3/c1-4-23(16(2)3)19-12-10-18(11-13-19)21(25)22-14-20(24)26-15-17-8-6-5-7-9-17/h5-13,16H,4,14-15H2,1-3H3,(H,22,25). The van der Waals surface area contributed by atoms with Crippen molar-refractivity contribution in [3.8, 4) is 0 Å². The summed E-state index contributed by atoms with van der Waals surface area (Å²) < 4.78 is 5.15. The summed E-state index contributed by atoms with van der Waals surface area (Å²) in [7, 11) is 0. The molecule has 0 fully saturated rings. The number of hydrogen-bond acceptors (Lipinski definition) is 4. The first kappa shape index (κ1) is 19.5. The molecule has 1 N–H and O–H groups in total. The van der Waals surface area contributed by atoms with Gasteiger partial charge in [-0.2, -0.15) is 0 Å². The molecule has 5 heteroatoms. The highest BCUT2D eigenvalue weighted by molar-refractivity contribution is 5.96. The molecule has 0 heterocycles. The van der Waals surface area contributed by atoms with Crippen LogP contribution in [0, 0.1) is 0 Å². The zero-order valence-electron chi connectivity index (χ0n) is 15.6. The Bertz CT molecular complexity index is 712. The summed E-state index contributed by atoms with van der Waals surface area (Å²) in [6, 6.07) is 17.2. The fourth-order valence-corrected chi connectivity index (χ4v) is 2.69. The average Bonchev–Trinajstić information content (AvgIpc) is 2.66. The van der Waals surface area contributed by atoms with Crippen molar-refractivity contribution in [1.29, 1.82) is 0 Å². The molecule has 0 unspecified atom stereocenters. The van der Waals surface area contributed by atoms with Crippen molar-refractivity contribution in [1.82, 2.24) is 5.32 Å². The second kappa shape index (κ2) is 9.61. The van der Waals surface area contributed by atoms with E-state index in [1.54, 1.807) is 12.1 Å². The minimum atomic E-state index is -0.462. The number of benzene rings is 2. The van der Waals surface area contributed by atoms with E-state index in [1.165, 1.54) is 0 Å². The number of carbonyl (C=O) groups is 2. The Morgan fingerprint density at radius 3 is 2.27 bits per heavy atom. The van der Waals surface area contributed by atoms with Gasteiger partial charge in [-0.1, -0.05) is 30.3 Å². The molecular weight excluding hydrogens is 328 g/mol. The zero-order valence-corrected chi connectivity index (χ0v) is 15.6. The molecule has 1 amide bonds. The van der Waals surface area contributed by atoms with Gasteiger partial charge in [0.05, 0.1) is 0 Å². The molecule has 0 saturated carbocycles. The molecule has 0 radical (unpaired) electrons. The summed E-state index contributed by atoms with van der Waals surface area (Å²) >= 11 is 0. The van der Waals surface area contributed by atoms with E-state index in [0.717, 1.165) is 17.8 Å². The van der Waals surface area contributed by atoms with Gasteiger partial charge in [-0.3, -0.25) is 9.59 Å². The highest BCUT2D eigenvalue weighted by Crippen LogP contribution is 2.17. The van der Waals surface area contributed by atoms with E-state index >= 15 is 0 Å². The lowest BCUT2D eigenvalue weighted by molar-refractivity contribution is -0.143. The van der Waals surface area contributed by atoms with Crippen molar-refractivity contribution in [2.75, 3.05) is 18.0 Å². The van der Waals surface area contributed by atoms with Crippen LogP contribution in [0.1, 0.15) is 36.7 Å². The van der Waals surface area contributed by atoms with Gasteiger partial charge >= 0.3 is 5.97 Å². The Balaban J connectivity index is 1.82. The zero-order chi connectivity index (χ0) is 18.9. The van der Waals surface area contributed by atoms with Gasteiger partial charge in [0.1, 0.15) is 13.2 Å². The molecule has 2 aromatic rings. The van der Waals surface area contributed by atoms with E-state index in [-0.39, 0.29) is 19.1 Å². The Morgan fingerprint density at radius 2 is 1.69 bits per heavy atom. The first-order valence-electron chi connectivity index (χ1n) is 8.85. The highest BCUT2D eigenvalue weighted by atomic mass is 16.5. The van der Waals surface area contributed by atoms with Gasteiger partial charge in [-0.05, 0) is 50.6 Å². The Labute approximate surface area is 155 Å². The number of hydrogen-bond donors (Lipinski definition) is 1. The lowest BCUT2D eigenvalue weighted by atomic mass is 10.1. The largest absolute Gasteiger partial charge is 0.460 e. The summed E-state index contributed by atoms with van der Waals surface area (Å²) in [6.07, 6.45) is 0. The lowest BCUT2D eigenvalue weighted by Crippen LogP contribution is -2.31. The van der Waals surface area contributed by atoms with Crippen molar-refractivity contribution in [2.45, 2.75) is 33.4 Å². The fraction of sp³-hybridized carbons (Fsp3) is 0.333. The molecule has 2 rings (SSSR count). The average molecular weight is 354 g/mol. The van der Waals surface area contributed by atoms with Gasteiger partial charge in [0.2, 0.25) is 0 Å². The summed E-state index contributed by atoms with van der Waals surface area (Å²) in [6.45, 7) is 7.31. The van der Waals surface area contributed by atoms with Crippen LogP contribution in [-0.4, -0.2) is 31.0 Å². The molecule has 0 aromatic heterocycles. The van der Waals surface area contributed by atoms with Crippen LogP contribution in [0.5, 0.6) is 0 Å². The van der Waals surface area contributed by atoms with Crippen molar-refractivity contribution in [2.24, 2.45) is 0 Å². The van der Waals surface area contributed by atoms with Crippen LogP contribution in [-0.2, 0) is 16.1 Å². The molecule has 0 bridgehead atoms. The van der Waals surface area contributed by atoms with E-state index in [4.69, 9.17) is 4.74 Å². The molecule has 5 nitrogen and oxygen atoms in total. The van der Waals surface area contributed by atoms with Gasteiger partial charge in [0, 0.05) is 23.8 Å². The molecule has 26 heavy (non-hydrogen) atoms. The second-order valence-corrected chi connectivity index (χ2v) is 6.26. The van der Waals surface area contributed by atoms with Crippen molar-refractivity contribution in [3.05, 3.63) is 65.7 Å². The number of carbonyl (C=O) groups excluding carboxylic acids is 2. The van der Waals surface area contributed by atoms with E-state index < -0.39 is 5.97 Å². The Hall–Kier alpha value is -2.82. The third-order valence-electron chi connectivity index (χ3n) is 4.06. The normalized spacial score (nSPS) is 10.5. The second-order valence-electron chi connectivity index (χ2n) is 6.26. The van der Waals surface area contributed by atoms with E-state index in [9.17, 15) is 9.59 Å². The SMILES string of the molecule is CCN(c1ccc(C(=O)NCC(=O)OCc2ccccc2)cc1)C(C)C. The smallest absolute Gasteiger partial charge is 0.325 e. The minimum absolute atomic E-state index is 0.152. The quantitative estimate of drug-likeness (QED) is 0.738. The van der Waals surface area contributed by atoms with Crippen LogP contribution < -0.4 is 10.2 Å². The third kappa shape index (κ3) is 5.62. The molecule has 0 spiro atoms. The number of nitrogens with one attached hydrogen (secondary N) is 1. The Morgan fingerprint density at radius 1 is 1.04 bits per heavy atom. The monoisotopic (exact) mass is 354 g/mol. The highest BCUT2D eigenvalue weighted by Gasteiger charge is 2.11. The van der Waals surface area contributed by atoms with Crippen LogP contribution in [0.4, 0.5) is 5.69 Å². The number of esters is 1. The number of nitrogens with zero attached hydrogens (tertiary/aromatic N) is 1. The van der Waals surface area contributed by atoms with E-state index in [2.05, 4.69) is 31.0 Å². The lowest BCUT2D eigenvalue weighted by Gasteiger charge is -2.27. The summed E-state index contributed by atoms with van der Waals surface area (Å²) in [5, 5.41) is 2.59. The van der Waals surface area contributed by atoms with Crippen LogP contribution >= 0.6 is 0 Å². The first-order chi connectivity index (χ1) is 12.5. The first-order valence-corrected chi connectivity index (χ1v) is 8.85. The van der Waals surface area contributed by atoms with E-state index in [1.807, 2.05) is 42.5 Å². The number of amides is 1. The number of anilines is 1. The Kier molecular flexibility index (Phi) is 7.21. The molecule has 0 aliphatic carbocycles. The van der Waals surface area contributed by atoms with E-state index in [0.29, 0.717) is 11.6 Å².